The lowest BCUT2D eigenvalue weighted by molar-refractivity contribution is -0.156. The van der Waals surface area contributed by atoms with Gasteiger partial charge >= 0.3 is 0 Å². The number of hydrogen-bond acceptors (Lipinski definition) is 2. The molecule has 0 N–H and O–H groups in total. The second kappa shape index (κ2) is 5.02. The van der Waals surface area contributed by atoms with Gasteiger partial charge < -0.3 is 9.64 Å². The first-order valence-corrected chi connectivity index (χ1v) is 6.85. The van der Waals surface area contributed by atoms with E-state index in [0.717, 1.165) is 10.0 Å². The second-order valence-electron chi connectivity index (χ2n) is 5.53. The summed E-state index contributed by atoms with van der Waals surface area (Å²) < 4.78 is 6.68. The van der Waals surface area contributed by atoms with Crippen LogP contribution in [0.4, 0.5) is 0 Å². The lowest BCUT2D eigenvalue weighted by atomic mass is 10.0. The Morgan fingerprint density at radius 2 is 1.89 bits per heavy atom. The minimum absolute atomic E-state index is 0.0324. The first kappa shape index (κ1) is 13.6. The third-order valence-corrected chi connectivity index (χ3v) is 3.64. The summed E-state index contributed by atoms with van der Waals surface area (Å²) in [5, 5.41) is 0. The monoisotopic (exact) mass is 311 g/mol. The number of nitrogens with zero attached hydrogens (tertiary/aromatic N) is 1. The zero-order valence-electron chi connectivity index (χ0n) is 10.9. The van der Waals surface area contributed by atoms with E-state index < -0.39 is 0 Å². The largest absolute Gasteiger partial charge is 0.362 e. The van der Waals surface area contributed by atoms with Crippen LogP contribution in [0.2, 0.25) is 0 Å². The van der Waals surface area contributed by atoms with Crippen LogP contribution >= 0.6 is 15.9 Å². The molecule has 3 nitrogen and oxygen atoms in total. The predicted molar refractivity (Wildman–Crippen MR) is 74.3 cm³/mol. The van der Waals surface area contributed by atoms with E-state index in [-0.39, 0.29) is 24.2 Å². The number of carbonyl (C=O) groups is 1. The average molecular weight is 312 g/mol. The number of benzene rings is 1. The van der Waals surface area contributed by atoms with Gasteiger partial charge in [0.2, 0.25) is 5.91 Å². The maximum atomic E-state index is 11.9. The fourth-order valence-electron chi connectivity index (χ4n) is 2.10. The van der Waals surface area contributed by atoms with Crippen LogP contribution in [0.25, 0.3) is 0 Å². The molecule has 1 heterocycles. The molecule has 2 rings (SSSR count). The van der Waals surface area contributed by atoms with E-state index in [1.807, 2.05) is 29.2 Å². The fraction of sp³-hybridized carbons (Fsp3) is 0.500. The van der Waals surface area contributed by atoms with Gasteiger partial charge in [-0.2, -0.15) is 0 Å². The van der Waals surface area contributed by atoms with Gasteiger partial charge in [-0.25, -0.2) is 0 Å². The molecule has 98 valence electrons. The van der Waals surface area contributed by atoms with Crippen LogP contribution < -0.4 is 0 Å². The molecule has 1 atom stereocenters. The summed E-state index contributed by atoms with van der Waals surface area (Å²) in [6.45, 7) is 6.93. The molecule has 18 heavy (non-hydrogen) atoms. The van der Waals surface area contributed by atoms with E-state index in [1.165, 1.54) is 0 Å². The molecular weight excluding hydrogens is 294 g/mol. The van der Waals surface area contributed by atoms with Gasteiger partial charge in [-0.3, -0.25) is 4.79 Å². The summed E-state index contributed by atoms with van der Waals surface area (Å²) in [5.41, 5.74) is 0.953. The molecule has 0 unspecified atom stereocenters. The van der Waals surface area contributed by atoms with E-state index in [9.17, 15) is 4.79 Å². The Balaban J connectivity index is 2.17. The van der Waals surface area contributed by atoms with E-state index >= 15 is 0 Å². The van der Waals surface area contributed by atoms with Crippen molar-refractivity contribution in [3.05, 3.63) is 34.3 Å². The molecule has 0 saturated carbocycles. The maximum absolute atomic E-state index is 11.9. The van der Waals surface area contributed by atoms with E-state index in [0.29, 0.717) is 6.54 Å². The minimum atomic E-state index is -0.158. The van der Waals surface area contributed by atoms with Crippen molar-refractivity contribution in [1.82, 2.24) is 4.90 Å². The highest BCUT2D eigenvalue weighted by Crippen LogP contribution is 2.28. The van der Waals surface area contributed by atoms with Gasteiger partial charge in [0.05, 0.1) is 6.54 Å². The third kappa shape index (κ3) is 2.93. The van der Waals surface area contributed by atoms with Crippen LogP contribution in [-0.2, 0) is 9.53 Å². The number of carbonyl (C=O) groups excluding carboxylic acids is 1. The molecule has 1 aromatic rings. The van der Waals surface area contributed by atoms with Gasteiger partial charge in [0.1, 0.15) is 12.7 Å². The smallest absolute Gasteiger partial charge is 0.249 e. The first-order chi connectivity index (χ1) is 8.38. The van der Waals surface area contributed by atoms with Crippen LogP contribution in [-0.4, -0.2) is 29.5 Å². The van der Waals surface area contributed by atoms with Gasteiger partial charge in [0.25, 0.3) is 0 Å². The molecule has 1 aliphatic rings. The fourth-order valence-corrected chi connectivity index (χ4v) is 2.36. The molecule has 1 amide bonds. The summed E-state index contributed by atoms with van der Waals surface area (Å²) in [6, 6.07) is 8.06. The number of amides is 1. The second-order valence-corrected chi connectivity index (χ2v) is 6.44. The van der Waals surface area contributed by atoms with Crippen molar-refractivity contribution in [3.8, 4) is 0 Å². The Kier molecular flexibility index (Phi) is 3.78. The van der Waals surface area contributed by atoms with Crippen molar-refractivity contribution in [1.29, 1.82) is 0 Å². The van der Waals surface area contributed by atoms with Crippen molar-refractivity contribution >= 4 is 21.8 Å². The van der Waals surface area contributed by atoms with Crippen molar-refractivity contribution in [2.45, 2.75) is 32.4 Å². The highest BCUT2D eigenvalue weighted by molar-refractivity contribution is 9.10. The van der Waals surface area contributed by atoms with Crippen molar-refractivity contribution < 1.29 is 9.53 Å². The molecule has 0 spiro atoms. The van der Waals surface area contributed by atoms with E-state index in [2.05, 4.69) is 36.7 Å². The topological polar surface area (TPSA) is 29.5 Å². The van der Waals surface area contributed by atoms with Crippen molar-refractivity contribution in [2.24, 2.45) is 0 Å². The number of hydrogen-bond donors (Lipinski definition) is 0. The summed E-state index contributed by atoms with van der Waals surface area (Å²) in [6.07, 6.45) is -0.0324. The van der Waals surface area contributed by atoms with Crippen LogP contribution in [0.3, 0.4) is 0 Å². The zero-order valence-corrected chi connectivity index (χ0v) is 12.5. The normalized spacial score (nSPS) is 21.2. The molecule has 0 aromatic heterocycles. The molecule has 1 aromatic carbocycles. The molecular formula is C14H18BrNO2. The number of ether oxygens (including phenoxy) is 1. The quantitative estimate of drug-likeness (QED) is 0.797. The van der Waals surface area contributed by atoms with Crippen LogP contribution in [0.5, 0.6) is 0 Å². The van der Waals surface area contributed by atoms with Crippen molar-refractivity contribution in [2.75, 3.05) is 13.2 Å². The van der Waals surface area contributed by atoms with Gasteiger partial charge in [-0.1, -0.05) is 28.1 Å². The standard InChI is InChI=1S/C14H18BrNO2/c1-14(2,3)16-8-12(18-9-13(16)17)10-4-6-11(15)7-5-10/h4-7,12H,8-9H2,1-3H3/t12-/m0/s1. The molecule has 0 aliphatic carbocycles. The van der Waals surface area contributed by atoms with E-state index in [4.69, 9.17) is 4.74 Å². The van der Waals surface area contributed by atoms with Gasteiger partial charge in [0.15, 0.2) is 0 Å². The number of halogens is 1. The molecule has 0 radical (unpaired) electrons. The number of rotatable bonds is 1. The van der Waals surface area contributed by atoms with Gasteiger partial charge in [0, 0.05) is 10.0 Å². The van der Waals surface area contributed by atoms with Crippen LogP contribution in [0, 0.1) is 0 Å². The molecule has 0 bridgehead atoms. The van der Waals surface area contributed by atoms with Crippen LogP contribution in [0.1, 0.15) is 32.4 Å². The lowest BCUT2D eigenvalue weighted by Gasteiger charge is -2.41. The summed E-state index contributed by atoms with van der Waals surface area (Å²) in [5.74, 6) is 0.0656. The summed E-state index contributed by atoms with van der Waals surface area (Å²) in [4.78, 5) is 13.8. The van der Waals surface area contributed by atoms with Gasteiger partial charge in [-0.15, -0.1) is 0 Å². The average Bonchev–Trinajstić information content (AvgIpc) is 2.29. The Labute approximate surface area is 116 Å². The molecule has 1 aliphatic heterocycles. The summed E-state index contributed by atoms with van der Waals surface area (Å²) >= 11 is 3.42. The number of morpholine rings is 1. The predicted octanol–water partition coefficient (Wildman–Crippen LogP) is 3.15. The molecule has 1 fully saturated rings. The van der Waals surface area contributed by atoms with E-state index in [1.54, 1.807) is 0 Å². The maximum Gasteiger partial charge on any atom is 0.249 e. The third-order valence-electron chi connectivity index (χ3n) is 3.11. The Bertz CT molecular complexity index is 436. The van der Waals surface area contributed by atoms with Crippen LogP contribution in [0.15, 0.2) is 28.7 Å². The highest BCUT2D eigenvalue weighted by Gasteiger charge is 2.33. The minimum Gasteiger partial charge on any atom is -0.362 e. The van der Waals surface area contributed by atoms with Crippen molar-refractivity contribution in [3.63, 3.8) is 0 Å². The molecule has 4 heteroatoms. The lowest BCUT2D eigenvalue weighted by Crippen LogP contribution is -2.52. The van der Waals surface area contributed by atoms with Gasteiger partial charge in [-0.05, 0) is 38.5 Å². The zero-order chi connectivity index (χ0) is 13.3. The SMILES string of the molecule is CC(C)(C)N1C[C@@H](c2ccc(Br)cc2)OCC1=O. The summed E-state index contributed by atoms with van der Waals surface area (Å²) in [7, 11) is 0. The molecule has 1 saturated heterocycles. The highest BCUT2D eigenvalue weighted by atomic mass is 79.9. The first-order valence-electron chi connectivity index (χ1n) is 6.05. The Hall–Kier alpha value is -0.870. The Morgan fingerprint density at radius 3 is 2.44 bits per heavy atom. The Morgan fingerprint density at radius 1 is 1.28 bits per heavy atom.